The van der Waals surface area contributed by atoms with Gasteiger partial charge in [0.25, 0.3) is 11.8 Å². The molecule has 3 rings (SSSR count). The van der Waals surface area contributed by atoms with E-state index in [1.807, 2.05) is 12.1 Å². The maximum Gasteiger partial charge on any atom is 0.257 e. The van der Waals surface area contributed by atoms with Crippen molar-refractivity contribution in [2.45, 2.75) is 32.2 Å². The molecule has 1 heterocycles. The van der Waals surface area contributed by atoms with Crippen molar-refractivity contribution in [2.24, 2.45) is 0 Å². The quantitative estimate of drug-likeness (QED) is 0.551. The van der Waals surface area contributed by atoms with Crippen molar-refractivity contribution < 1.29 is 18.8 Å². The summed E-state index contributed by atoms with van der Waals surface area (Å²) in [6, 6.07) is 11.8. The zero-order chi connectivity index (χ0) is 21.1. The standard InChI is InChI=1S/C23H23FN2O3/c1-4-13-25(22(28)18-7-5-6-8-19(18)24)20-14-21(27)26(23(20)29)17-11-9-16(10-12-17)15(2)3/h4-12,15,20H,1,13-14H2,2-3H3. The topological polar surface area (TPSA) is 57.7 Å². The predicted molar refractivity (Wildman–Crippen MR) is 109 cm³/mol. The molecule has 1 unspecified atom stereocenters. The maximum absolute atomic E-state index is 14.1. The predicted octanol–water partition coefficient (Wildman–Crippen LogP) is 3.91. The third kappa shape index (κ3) is 3.97. The number of nitrogens with zero attached hydrogens (tertiary/aromatic N) is 2. The fourth-order valence-corrected chi connectivity index (χ4v) is 3.42. The van der Waals surface area contributed by atoms with E-state index in [0.29, 0.717) is 11.6 Å². The van der Waals surface area contributed by atoms with Gasteiger partial charge in [-0.1, -0.05) is 44.2 Å². The molecule has 0 saturated carbocycles. The lowest BCUT2D eigenvalue weighted by Gasteiger charge is -2.26. The number of hydrogen-bond acceptors (Lipinski definition) is 3. The van der Waals surface area contributed by atoms with E-state index in [0.717, 1.165) is 10.5 Å². The third-order valence-electron chi connectivity index (χ3n) is 5.01. The summed E-state index contributed by atoms with van der Waals surface area (Å²) in [6.45, 7) is 7.75. The van der Waals surface area contributed by atoms with Gasteiger partial charge in [-0.05, 0) is 35.7 Å². The van der Waals surface area contributed by atoms with E-state index in [4.69, 9.17) is 0 Å². The van der Waals surface area contributed by atoms with Gasteiger partial charge in [0, 0.05) is 6.54 Å². The summed E-state index contributed by atoms with van der Waals surface area (Å²) in [6.07, 6.45) is 1.30. The Hall–Kier alpha value is -3.28. The molecular formula is C23H23FN2O3. The normalized spacial score (nSPS) is 16.4. The van der Waals surface area contributed by atoms with Crippen LogP contribution in [0.2, 0.25) is 0 Å². The molecule has 2 aromatic carbocycles. The summed E-state index contributed by atoms with van der Waals surface area (Å²) in [7, 11) is 0. The van der Waals surface area contributed by atoms with E-state index >= 15 is 0 Å². The molecule has 3 amide bonds. The van der Waals surface area contributed by atoms with Gasteiger partial charge in [0.2, 0.25) is 5.91 Å². The van der Waals surface area contributed by atoms with Gasteiger partial charge in [0.1, 0.15) is 11.9 Å². The molecule has 0 aromatic heterocycles. The van der Waals surface area contributed by atoms with E-state index in [2.05, 4.69) is 20.4 Å². The molecule has 1 saturated heterocycles. The molecule has 0 N–H and O–H groups in total. The van der Waals surface area contributed by atoms with Crippen molar-refractivity contribution in [3.05, 3.63) is 78.1 Å². The van der Waals surface area contributed by atoms with Gasteiger partial charge in [-0.25, -0.2) is 9.29 Å². The van der Waals surface area contributed by atoms with Crippen molar-refractivity contribution in [1.82, 2.24) is 4.90 Å². The molecule has 1 fully saturated rings. The summed E-state index contributed by atoms with van der Waals surface area (Å²) >= 11 is 0. The highest BCUT2D eigenvalue weighted by molar-refractivity contribution is 6.23. The average Bonchev–Trinajstić information content (AvgIpc) is 3.00. The van der Waals surface area contributed by atoms with Crippen LogP contribution in [0.15, 0.2) is 61.2 Å². The summed E-state index contributed by atoms with van der Waals surface area (Å²) in [5.41, 5.74) is 1.41. The first-order valence-electron chi connectivity index (χ1n) is 9.48. The molecule has 29 heavy (non-hydrogen) atoms. The van der Waals surface area contributed by atoms with E-state index in [1.165, 1.54) is 29.2 Å². The molecule has 0 spiro atoms. The van der Waals surface area contributed by atoms with Gasteiger partial charge in [-0.3, -0.25) is 14.4 Å². The zero-order valence-corrected chi connectivity index (χ0v) is 16.5. The van der Waals surface area contributed by atoms with Crippen LogP contribution in [0.3, 0.4) is 0 Å². The average molecular weight is 394 g/mol. The highest BCUT2D eigenvalue weighted by Gasteiger charge is 2.44. The SMILES string of the molecule is C=CCN(C(=O)c1ccccc1F)C1CC(=O)N(c2ccc(C(C)C)cc2)C1=O. The van der Waals surface area contributed by atoms with Crippen LogP contribution in [0, 0.1) is 5.82 Å². The number of imide groups is 1. The van der Waals surface area contributed by atoms with E-state index in [-0.39, 0.29) is 18.5 Å². The minimum Gasteiger partial charge on any atom is -0.322 e. The van der Waals surface area contributed by atoms with Gasteiger partial charge >= 0.3 is 0 Å². The first-order chi connectivity index (χ1) is 13.8. The lowest BCUT2D eigenvalue weighted by atomic mass is 10.0. The van der Waals surface area contributed by atoms with E-state index in [1.54, 1.807) is 18.2 Å². The van der Waals surface area contributed by atoms with Crippen LogP contribution in [0.5, 0.6) is 0 Å². The van der Waals surface area contributed by atoms with Crippen molar-refractivity contribution in [1.29, 1.82) is 0 Å². The number of anilines is 1. The van der Waals surface area contributed by atoms with Crippen LogP contribution in [-0.2, 0) is 9.59 Å². The molecule has 0 radical (unpaired) electrons. The highest BCUT2D eigenvalue weighted by Crippen LogP contribution is 2.28. The van der Waals surface area contributed by atoms with Crippen LogP contribution in [0.1, 0.15) is 42.1 Å². The Morgan fingerprint density at radius 2 is 1.86 bits per heavy atom. The highest BCUT2D eigenvalue weighted by atomic mass is 19.1. The van der Waals surface area contributed by atoms with Gasteiger partial charge < -0.3 is 4.90 Å². The Labute approximate surface area is 169 Å². The number of hydrogen-bond donors (Lipinski definition) is 0. The maximum atomic E-state index is 14.1. The van der Waals surface area contributed by atoms with Crippen LogP contribution < -0.4 is 4.90 Å². The number of rotatable bonds is 6. The smallest absolute Gasteiger partial charge is 0.257 e. The Balaban J connectivity index is 1.90. The number of carbonyl (C=O) groups is 3. The molecule has 5 nitrogen and oxygen atoms in total. The molecule has 2 aromatic rings. The first kappa shape index (κ1) is 20.5. The lowest BCUT2D eigenvalue weighted by molar-refractivity contribution is -0.122. The Kier molecular flexibility index (Phi) is 5.92. The molecule has 150 valence electrons. The van der Waals surface area contributed by atoms with Crippen LogP contribution in [-0.4, -0.2) is 35.2 Å². The summed E-state index contributed by atoms with van der Waals surface area (Å²) in [4.78, 5) is 40.9. The van der Waals surface area contributed by atoms with Crippen molar-refractivity contribution in [2.75, 3.05) is 11.4 Å². The molecule has 1 aliphatic rings. The molecule has 6 heteroatoms. The fourth-order valence-electron chi connectivity index (χ4n) is 3.42. The van der Waals surface area contributed by atoms with Gasteiger partial charge in [-0.2, -0.15) is 0 Å². The van der Waals surface area contributed by atoms with Gasteiger partial charge in [-0.15, -0.1) is 6.58 Å². The zero-order valence-electron chi connectivity index (χ0n) is 16.5. The second-order valence-electron chi connectivity index (χ2n) is 7.26. The van der Waals surface area contributed by atoms with Crippen LogP contribution in [0.25, 0.3) is 0 Å². The molecule has 1 aliphatic heterocycles. The van der Waals surface area contributed by atoms with Crippen molar-refractivity contribution in [3.63, 3.8) is 0 Å². The lowest BCUT2D eigenvalue weighted by Crippen LogP contribution is -2.45. The summed E-state index contributed by atoms with van der Waals surface area (Å²) < 4.78 is 14.1. The molecule has 0 bridgehead atoms. The number of halogens is 1. The first-order valence-corrected chi connectivity index (χ1v) is 9.48. The van der Waals surface area contributed by atoms with Gasteiger partial charge in [0.05, 0.1) is 17.7 Å². The largest absolute Gasteiger partial charge is 0.322 e. The van der Waals surface area contributed by atoms with Crippen molar-refractivity contribution in [3.8, 4) is 0 Å². The number of carbonyl (C=O) groups excluding carboxylic acids is 3. The molecule has 0 aliphatic carbocycles. The van der Waals surface area contributed by atoms with Crippen LogP contribution in [0.4, 0.5) is 10.1 Å². The van der Waals surface area contributed by atoms with Gasteiger partial charge in [0.15, 0.2) is 0 Å². The molecular weight excluding hydrogens is 371 g/mol. The number of benzene rings is 2. The Morgan fingerprint density at radius 3 is 2.45 bits per heavy atom. The number of amides is 3. The van der Waals surface area contributed by atoms with E-state index in [9.17, 15) is 18.8 Å². The fraction of sp³-hybridized carbons (Fsp3) is 0.261. The Morgan fingerprint density at radius 1 is 1.21 bits per heavy atom. The third-order valence-corrected chi connectivity index (χ3v) is 5.01. The summed E-state index contributed by atoms with van der Waals surface area (Å²) in [5.74, 6) is -1.90. The minimum absolute atomic E-state index is 0.0248. The second kappa shape index (κ2) is 8.39. The van der Waals surface area contributed by atoms with Crippen molar-refractivity contribution >= 4 is 23.4 Å². The van der Waals surface area contributed by atoms with E-state index < -0.39 is 29.6 Å². The molecule has 1 atom stereocenters. The summed E-state index contributed by atoms with van der Waals surface area (Å²) in [5, 5.41) is 0. The minimum atomic E-state index is -1.00. The second-order valence-corrected chi connectivity index (χ2v) is 7.26. The van der Waals surface area contributed by atoms with Crippen LogP contribution >= 0.6 is 0 Å². The monoisotopic (exact) mass is 394 g/mol. The Bertz CT molecular complexity index is 953.